The normalized spacial score (nSPS) is 35.5. The molecule has 0 spiro atoms. The highest BCUT2D eigenvalue weighted by atomic mass is 16.1. The number of hydrogen-bond donors (Lipinski definition) is 2. The molecule has 2 fully saturated rings. The van der Waals surface area contributed by atoms with Crippen molar-refractivity contribution in [3.05, 3.63) is 0 Å². The van der Waals surface area contributed by atoms with E-state index in [1.165, 1.54) is 13.0 Å². The Labute approximate surface area is 123 Å². The number of carbonyl (C=O) groups is 1. The van der Waals surface area contributed by atoms with Gasteiger partial charge in [0.1, 0.15) is 0 Å². The van der Waals surface area contributed by atoms with Crippen molar-refractivity contribution in [3.63, 3.8) is 0 Å². The Morgan fingerprint density at radius 3 is 2.70 bits per heavy atom. The second-order valence-corrected chi connectivity index (χ2v) is 7.26. The summed E-state index contributed by atoms with van der Waals surface area (Å²) >= 11 is 0. The number of nitrogens with one attached hydrogen (secondary N) is 1. The lowest BCUT2D eigenvalue weighted by atomic mass is 9.79. The first kappa shape index (κ1) is 15.8. The van der Waals surface area contributed by atoms with Gasteiger partial charge in [-0.05, 0) is 57.9 Å². The Bertz CT molecular complexity index is 322. The molecule has 2 rings (SSSR count). The molecule has 4 heteroatoms. The van der Waals surface area contributed by atoms with Crippen molar-refractivity contribution in [2.24, 2.45) is 23.5 Å². The Hall–Kier alpha value is -0.610. The zero-order valence-electron chi connectivity index (χ0n) is 13.3. The molecule has 20 heavy (non-hydrogen) atoms. The molecule has 1 aliphatic carbocycles. The maximum atomic E-state index is 12.3. The van der Waals surface area contributed by atoms with Crippen LogP contribution in [0.5, 0.6) is 0 Å². The molecule has 3 N–H and O–H groups in total. The van der Waals surface area contributed by atoms with Gasteiger partial charge in [0.15, 0.2) is 0 Å². The van der Waals surface area contributed by atoms with Crippen LogP contribution in [-0.2, 0) is 4.79 Å². The van der Waals surface area contributed by atoms with Crippen LogP contribution in [0.2, 0.25) is 0 Å². The first-order valence-electron chi connectivity index (χ1n) is 8.23. The highest BCUT2D eigenvalue weighted by molar-refractivity contribution is 5.78. The van der Waals surface area contributed by atoms with Crippen LogP contribution in [0.15, 0.2) is 0 Å². The number of nitrogens with zero attached hydrogens (tertiary/aromatic N) is 1. The third kappa shape index (κ3) is 4.19. The van der Waals surface area contributed by atoms with Gasteiger partial charge in [0, 0.05) is 31.1 Å². The molecule has 4 atom stereocenters. The number of amides is 1. The molecule has 4 nitrogen and oxygen atoms in total. The van der Waals surface area contributed by atoms with Crippen molar-refractivity contribution < 1.29 is 4.79 Å². The van der Waals surface area contributed by atoms with E-state index in [0.717, 1.165) is 32.4 Å². The summed E-state index contributed by atoms with van der Waals surface area (Å²) in [5.74, 6) is 1.57. The summed E-state index contributed by atoms with van der Waals surface area (Å²) in [6, 6.07) is 0.824. The smallest absolute Gasteiger partial charge is 0.223 e. The van der Waals surface area contributed by atoms with Crippen molar-refractivity contribution in [3.8, 4) is 0 Å². The SMILES string of the molecule is CC1CC(N)CC(C(=O)NCC2CCN(C(C)C)C2)C1. The highest BCUT2D eigenvalue weighted by Gasteiger charge is 2.30. The van der Waals surface area contributed by atoms with Crippen molar-refractivity contribution in [2.45, 2.75) is 58.5 Å². The van der Waals surface area contributed by atoms with Gasteiger partial charge >= 0.3 is 0 Å². The topological polar surface area (TPSA) is 58.4 Å². The molecule has 1 saturated carbocycles. The summed E-state index contributed by atoms with van der Waals surface area (Å²) in [6.07, 6.45) is 4.13. The lowest BCUT2D eigenvalue weighted by Gasteiger charge is -2.30. The zero-order valence-corrected chi connectivity index (χ0v) is 13.3. The maximum Gasteiger partial charge on any atom is 0.223 e. The minimum Gasteiger partial charge on any atom is -0.356 e. The van der Waals surface area contributed by atoms with E-state index >= 15 is 0 Å². The number of carbonyl (C=O) groups excluding carboxylic acids is 1. The second-order valence-electron chi connectivity index (χ2n) is 7.26. The molecule has 1 aliphatic heterocycles. The largest absolute Gasteiger partial charge is 0.356 e. The van der Waals surface area contributed by atoms with E-state index in [1.807, 2.05) is 0 Å². The average Bonchev–Trinajstić information content (AvgIpc) is 2.83. The third-order valence-corrected chi connectivity index (χ3v) is 4.96. The van der Waals surface area contributed by atoms with E-state index in [0.29, 0.717) is 17.9 Å². The van der Waals surface area contributed by atoms with Crippen LogP contribution in [0.3, 0.4) is 0 Å². The summed E-state index contributed by atoms with van der Waals surface area (Å²) in [7, 11) is 0. The van der Waals surface area contributed by atoms with E-state index in [9.17, 15) is 4.79 Å². The molecule has 1 amide bonds. The molecule has 0 aromatic carbocycles. The quantitative estimate of drug-likeness (QED) is 0.823. The zero-order chi connectivity index (χ0) is 14.7. The average molecular weight is 281 g/mol. The number of hydrogen-bond acceptors (Lipinski definition) is 3. The molecule has 0 aromatic rings. The van der Waals surface area contributed by atoms with Crippen molar-refractivity contribution in [1.29, 1.82) is 0 Å². The predicted octanol–water partition coefficient (Wildman–Crippen LogP) is 1.60. The maximum absolute atomic E-state index is 12.3. The molecular formula is C16H31N3O. The summed E-state index contributed by atoms with van der Waals surface area (Å²) in [4.78, 5) is 14.8. The molecule has 1 heterocycles. The van der Waals surface area contributed by atoms with Crippen LogP contribution in [0.1, 0.15) is 46.5 Å². The summed E-state index contributed by atoms with van der Waals surface area (Å²) < 4.78 is 0. The highest BCUT2D eigenvalue weighted by Crippen LogP contribution is 2.28. The van der Waals surface area contributed by atoms with Crippen LogP contribution in [0.4, 0.5) is 0 Å². The fourth-order valence-electron chi connectivity index (χ4n) is 3.76. The third-order valence-electron chi connectivity index (χ3n) is 4.96. The van der Waals surface area contributed by atoms with Gasteiger partial charge in [-0.2, -0.15) is 0 Å². The second kappa shape index (κ2) is 6.90. The lowest BCUT2D eigenvalue weighted by molar-refractivity contribution is -0.126. The molecule has 0 bridgehead atoms. The standard InChI is InChI=1S/C16H31N3O/c1-11(2)19-5-4-13(10-19)9-18-16(20)14-6-12(3)7-15(17)8-14/h11-15H,4-10,17H2,1-3H3,(H,18,20). The van der Waals surface area contributed by atoms with Crippen LogP contribution in [0, 0.1) is 17.8 Å². The van der Waals surface area contributed by atoms with Gasteiger partial charge in [0.25, 0.3) is 0 Å². The summed E-state index contributed by atoms with van der Waals surface area (Å²) in [5.41, 5.74) is 6.04. The molecule has 116 valence electrons. The van der Waals surface area contributed by atoms with Crippen molar-refractivity contribution in [2.75, 3.05) is 19.6 Å². The Morgan fingerprint density at radius 1 is 1.35 bits per heavy atom. The molecule has 0 aromatic heterocycles. The van der Waals surface area contributed by atoms with E-state index < -0.39 is 0 Å². The Kier molecular flexibility index (Phi) is 5.44. The number of nitrogens with two attached hydrogens (primary N) is 1. The molecular weight excluding hydrogens is 250 g/mol. The van der Waals surface area contributed by atoms with Gasteiger partial charge in [0.2, 0.25) is 5.91 Å². The summed E-state index contributed by atoms with van der Waals surface area (Å²) in [5, 5.41) is 3.17. The van der Waals surface area contributed by atoms with Gasteiger partial charge in [-0.1, -0.05) is 6.92 Å². The molecule has 0 radical (unpaired) electrons. The minimum atomic E-state index is 0.136. The molecule has 1 saturated heterocycles. The van der Waals surface area contributed by atoms with Crippen LogP contribution < -0.4 is 11.1 Å². The van der Waals surface area contributed by atoms with E-state index in [2.05, 4.69) is 31.0 Å². The predicted molar refractivity (Wildman–Crippen MR) is 82.3 cm³/mol. The van der Waals surface area contributed by atoms with Crippen molar-refractivity contribution >= 4 is 5.91 Å². The number of rotatable bonds is 4. The fraction of sp³-hybridized carbons (Fsp3) is 0.938. The van der Waals surface area contributed by atoms with Crippen LogP contribution >= 0.6 is 0 Å². The van der Waals surface area contributed by atoms with Gasteiger partial charge in [-0.15, -0.1) is 0 Å². The van der Waals surface area contributed by atoms with E-state index in [-0.39, 0.29) is 17.9 Å². The minimum absolute atomic E-state index is 0.136. The Morgan fingerprint density at radius 2 is 2.10 bits per heavy atom. The number of likely N-dealkylation sites (tertiary alicyclic amines) is 1. The fourth-order valence-corrected chi connectivity index (χ4v) is 3.76. The van der Waals surface area contributed by atoms with E-state index in [4.69, 9.17) is 5.73 Å². The van der Waals surface area contributed by atoms with Crippen molar-refractivity contribution in [1.82, 2.24) is 10.2 Å². The first-order valence-corrected chi connectivity index (χ1v) is 8.23. The Balaban J connectivity index is 1.73. The van der Waals surface area contributed by atoms with Crippen LogP contribution in [0.25, 0.3) is 0 Å². The lowest BCUT2D eigenvalue weighted by Crippen LogP contribution is -2.41. The van der Waals surface area contributed by atoms with Gasteiger partial charge < -0.3 is 16.0 Å². The molecule has 2 aliphatic rings. The van der Waals surface area contributed by atoms with Gasteiger partial charge in [0.05, 0.1) is 0 Å². The molecule has 4 unspecified atom stereocenters. The first-order chi connectivity index (χ1) is 9.45. The van der Waals surface area contributed by atoms with Gasteiger partial charge in [-0.25, -0.2) is 0 Å². The monoisotopic (exact) mass is 281 g/mol. The van der Waals surface area contributed by atoms with Gasteiger partial charge in [-0.3, -0.25) is 4.79 Å². The van der Waals surface area contributed by atoms with Crippen LogP contribution in [-0.4, -0.2) is 42.5 Å². The summed E-state index contributed by atoms with van der Waals surface area (Å²) in [6.45, 7) is 9.82. The van der Waals surface area contributed by atoms with E-state index in [1.54, 1.807) is 0 Å².